The normalized spacial score (nSPS) is 23.3. The van der Waals surface area contributed by atoms with Crippen molar-refractivity contribution in [3.63, 3.8) is 0 Å². The molecule has 0 aromatic carbocycles. The van der Waals surface area contributed by atoms with Crippen LogP contribution in [0.3, 0.4) is 0 Å². The Kier molecular flexibility index (Phi) is 2.22. The minimum absolute atomic E-state index is 0.491. The van der Waals surface area contributed by atoms with Crippen molar-refractivity contribution in [2.45, 2.75) is 25.8 Å². The summed E-state index contributed by atoms with van der Waals surface area (Å²) in [5.74, 6) is 0. The Morgan fingerprint density at radius 1 is 1.69 bits per heavy atom. The number of anilines is 1. The molecule has 0 amide bonds. The van der Waals surface area contributed by atoms with Crippen molar-refractivity contribution in [2.75, 3.05) is 18.8 Å². The monoisotopic (exact) mass is 180 g/mol. The van der Waals surface area contributed by atoms with Crippen LogP contribution in [-0.4, -0.2) is 22.9 Å². The molecule has 1 aliphatic rings. The topological polar surface area (TPSA) is 55.9 Å². The summed E-state index contributed by atoms with van der Waals surface area (Å²) in [5, 5.41) is 7.75. The molecule has 0 saturated carbocycles. The van der Waals surface area contributed by atoms with Gasteiger partial charge in [-0.05, 0) is 26.3 Å². The minimum atomic E-state index is 0.491. The fourth-order valence-corrected chi connectivity index (χ4v) is 1.74. The molecule has 2 heterocycles. The Bertz CT molecular complexity index is 266. The zero-order valence-corrected chi connectivity index (χ0v) is 7.95. The summed E-state index contributed by atoms with van der Waals surface area (Å²) < 4.78 is 2.00. The Morgan fingerprint density at radius 2 is 2.54 bits per heavy atom. The number of piperidine rings is 1. The molecule has 0 aliphatic carbocycles. The maximum Gasteiger partial charge on any atom is 0.0823 e. The largest absolute Gasteiger partial charge is 0.396 e. The van der Waals surface area contributed by atoms with Gasteiger partial charge in [-0.25, -0.2) is 0 Å². The van der Waals surface area contributed by atoms with E-state index in [1.807, 2.05) is 17.8 Å². The molecule has 1 atom stereocenters. The van der Waals surface area contributed by atoms with Crippen LogP contribution in [-0.2, 0) is 0 Å². The number of nitrogens with two attached hydrogens (primary N) is 1. The Hall–Kier alpha value is -1.03. The SMILES string of the molecule is Cc1nn(C2CCCNC2)cc1N. The number of aromatic nitrogens is 2. The first-order chi connectivity index (χ1) is 6.27. The molecule has 1 fully saturated rings. The molecular weight excluding hydrogens is 164 g/mol. The van der Waals surface area contributed by atoms with Crippen LogP contribution >= 0.6 is 0 Å². The molecule has 3 N–H and O–H groups in total. The summed E-state index contributed by atoms with van der Waals surface area (Å²) in [6.45, 7) is 4.09. The summed E-state index contributed by atoms with van der Waals surface area (Å²) in [4.78, 5) is 0. The number of aryl methyl sites for hydroxylation is 1. The first-order valence-electron chi connectivity index (χ1n) is 4.79. The van der Waals surface area contributed by atoms with Crippen molar-refractivity contribution >= 4 is 5.69 Å². The van der Waals surface area contributed by atoms with Gasteiger partial charge in [0.15, 0.2) is 0 Å². The van der Waals surface area contributed by atoms with E-state index in [1.165, 1.54) is 12.8 Å². The van der Waals surface area contributed by atoms with Gasteiger partial charge in [-0.3, -0.25) is 4.68 Å². The molecule has 1 unspecified atom stereocenters. The second kappa shape index (κ2) is 3.38. The van der Waals surface area contributed by atoms with Crippen molar-refractivity contribution in [3.05, 3.63) is 11.9 Å². The van der Waals surface area contributed by atoms with Crippen LogP contribution in [0.4, 0.5) is 5.69 Å². The number of rotatable bonds is 1. The van der Waals surface area contributed by atoms with Crippen LogP contribution in [0.5, 0.6) is 0 Å². The van der Waals surface area contributed by atoms with Crippen molar-refractivity contribution in [2.24, 2.45) is 0 Å². The Balaban J connectivity index is 2.14. The highest BCUT2D eigenvalue weighted by Crippen LogP contribution is 2.18. The van der Waals surface area contributed by atoms with Crippen LogP contribution in [0.15, 0.2) is 6.20 Å². The molecule has 0 spiro atoms. The maximum absolute atomic E-state index is 5.74. The molecule has 1 saturated heterocycles. The number of hydrogen-bond acceptors (Lipinski definition) is 3. The minimum Gasteiger partial charge on any atom is -0.396 e. The molecule has 72 valence electrons. The van der Waals surface area contributed by atoms with Gasteiger partial charge in [0, 0.05) is 12.7 Å². The lowest BCUT2D eigenvalue weighted by Crippen LogP contribution is -2.31. The maximum atomic E-state index is 5.74. The fraction of sp³-hybridized carbons (Fsp3) is 0.667. The number of nitrogens with zero attached hydrogens (tertiary/aromatic N) is 2. The number of nitrogens with one attached hydrogen (secondary N) is 1. The van der Waals surface area contributed by atoms with Crippen LogP contribution in [0.25, 0.3) is 0 Å². The van der Waals surface area contributed by atoms with E-state index in [4.69, 9.17) is 5.73 Å². The zero-order valence-electron chi connectivity index (χ0n) is 7.95. The molecular formula is C9H16N4. The average molecular weight is 180 g/mol. The van der Waals surface area contributed by atoms with E-state index < -0.39 is 0 Å². The van der Waals surface area contributed by atoms with Crippen molar-refractivity contribution in [1.82, 2.24) is 15.1 Å². The smallest absolute Gasteiger partial charge is 0.0823 e. The zero-order chi connectivity index (χ0) is 9.26. The van der Waals surface area contributed by atoms with Crippen LogP contribution < -0.4 is 11.1 Å². The highest BCUT2D eigenvalue weighted by atomic mass is 15.3. The summed E-state index contributed by atoms with van der Waals surface area (Å²) in [6, 6.07) is 0.491. The summed E-state index contributed by atoms with van der Waals surface area (Å²) >= 11 is 0. The van der Waals surface area contributed by atoms with Crippen molar-refractivity contribution < 1.29 is 0 Å². The van der Waals surface area contributed by atoms with Gasteiger partial charge >= 0.3 is 0 Å². The van der Waals surface area contributed by atoms with Gasteiger partial charge < -0.3 is 11.1 Å². The summed E-state index contributed by atoms with van der Waals surface area (Å²) in [6.07, 6.45) is 4.37. The van der Waals surface area contributed by atoms with Gasteiger partial charge in [-0.2, -0.15) is 5.10 Å². The fourth-order valence-electron chi connectivity index (χ4n) is 1.74. The molecule has 4 nitrogen and oxygen atoms in total. The summed E-state index contributed by atoms with van der Waals surface area (Å²) in [7, 11) is 0. The Labute approximate surface area is 78.1 Å². The van der Waals surface area contributed by atoms with Gasteiger partial charge in [0.25, 0.3) is 0 Å². The number of hydrogen-bond donors (Lipinski definition) is 2. The third-order valence-electron chi connectivity index (χ3n) is 2.60. The predicted molar refractivity (Wildman–Crippen MR) is 52.5 cm³/mol. The van der Waals surface area contributed by atoms with Gasteiger partial charge in [0.1, 0.15) is 0 Å². The van der Waals surface area contributed by atoms with Gasteiger partial charge in [-0.1, -0.05) is 0 Å². The number of nitrogen functional groups attached to an aromatic ring is 1. The van der Waals surface area contributed by atoms with E-state index in [0.29, 0.717) is 6.04 Å². The second-order valence-corrected chi connectivity index (χ2v) is 3.65. The first kappa shape index (κ1) is 8.56. The molecule has 0 radical (unpaired) electrons. The van der Waals surface area contributed by atoms with Gasteiger partial charge in [0.2, 0.25) is 0 Å². The van der Waals surface area contributed by atoms with E-state index in [1.54, 1.807) is 0 Å². The molecule has 1 aromatic rings. The van der Waals surface area contributed by atoms with E-state index >= 15 is 0 Å². The van der Waals surface area contributed by atoms with E-state index in [2.05, 4.69) is 10.4 Å². The molecule has 4 heteroatoms. The highest BCUT2D eigenvalue weighted by Gasteiger charge is 2.15. The lowest BCUT2D eigenvalue weighted by atomic mass is 10.1. The lowest BCUT2D eigenvalue weighted by Gasteiger charge is -2.22. The third-order valence-corrected chi connectivity index (χ3v) is 2.60. The highest BCUT2D eigenvalue weighted by molar-refractivity contribution is 5.39. The van der Waals surface area contributed by atoms with Gasteiger partial charge in [0.05, 0.1) is 17.4 Å². The van der Waals surface area contributed by atoms with Crippen molar-refractivity contribution in [3.8, 4) is 0 Å². The Morgan fingerprint density at radius 3 is 3.08 bits per heavy atom. The molecule has 2 rings (SSSR count). The standard InChI is InChI=1S/C9H16N4/c1-7-9(10)6-13(12-7)8-3-2-4-11-5-8/h6,8,11H,2-5,10H2,1H3. The molecule has 1 aromatic heterocycles. The second-order valence-electron chi connectivity index (χ2n) is 3.65. The quantitative estimate of drug-likeness (QED) is 0.669. The van der Waals surface area contributed by atoms with E-state index in [9.17, 15) is 0 Å². The predicted octanol–water partition coefficient (Wildman–Crippen LogP) is 0.698. The van der Waals surface area contributed by atoms with Crippen LogP contribution in [0.2, 0.25) is 0 Å². The first-order valence-corrected chi connectivity index (χ1v) is 4.79. The lowest BCUT2D eigenvalue weighted by molar-refractivity contribution is 0.346. The van der Waals surface area contributed by atoms with Crippen LogP contribution in [0.1, 0.15) is 24.6 Å². The molecule has 0 bridgehead atoms. The third kappa shape index (κ3) is 1.67. The summed E-state index contributed by atoms with van der Waals surface area (Å²) in [5.41, 5.74) is 7.48. The molecule has 1 aliphatic heterocycles. The molecule has 13 heavy (non-hydrogen) atoms. The van der Waals surface area contributed by atoms with Crippen molar-refractivity contribution in [1.29, 1.82) is 0 Å². The average Bonchev–Trinajstić information content (AvgIpc) is 2.49. The van der Waals surface area contributed by atoms with E-state index in [0.717, 1.165) is 24.5 Å². The van der Waals surface area contributed by atoms with Crippen LogP contribution in [0, 0.1) is 6.92 Å². The van der Waals surface area contributed by atoms with E-state index in [-0.39, 0.29) is 0 Å². The van der Waals surface area contributed by atoms with Gasteiger partial charge in [-0.15, -0.1) is 0 Å².